The summed E-state index contributed by atoms with van der Waals surface area (Å²) in [6, 6.07) is 0.939. The largest absolute Gasteiger partial charge is 0.328 e. The molecule has 0 aliphatic heterocycles. The Labute approximate surface area is 89.1 Å². The first kappa shape index (κ1) is 10.5. The van der Waals surface area contributed by atoms with E-state index in [0.717, 1.165) is 17.9 Å². The second-order valence-electron chi connectivity index (χ2n) is 6.39. The van der Waals surface area contributed by atoms with E-state index in [0.29, 0.717) is 0 Å². The Morgan fingerprint density at radius 3 is 2.07 bits per heavy atom. The summed E-state index contributed by atoms with van der Waals surface area (Å²) in [4.78, 5) is 0. The number of nitrogens with zero attached hydrogens (tertiary/aromatic N) is 1. The van der Waals surface area contributed by atoms with E-state index in [1.807, 2.05) is 0 Å². The van der Waals surface area contributed by atoms with Gasteiger partial charge in [0.15, 0.2) is 0 Å². The molecule has 0 unspecified atom stereocenters. The van der Waals surface area contributed by atoms with E-state index < -0.39 is 0 Å². The summed E-state index contributed by atoms with van der Waals surface area (Å²) in [5, 5.41) is 0. The molecule has 14 heavy (non-hydrogen) atoms. The van der Waals surface area contributed by atoms with Crippen molar-refractivity contribution in [2.24, 2.45) is 11.8 Å². The fourth-order valence-corrected chi connectivity index (χ4v) is 3.55. The number of quaternary nitrogens is 1. The van der Waals surface area contributed by atoms with Crippen LogP contribution in [0.3, 0.4) is 0 Å². The van der Waals surface area contributed by atoms with Crippen LogP contribution in [-0.2, 0) is 0 Å². The Morgan fingerprint density at radius 2 is 1.43 bits per heavy atom. The van der Waals surface area contributed by atoms with Gasteiger partial charge >= 0.3 is 0 Å². The van der Waals surface area contributed by atoms with Crippen molar-refractivity contribution in [3.8, 4) is 0 Å². The van der Waals surface area contributed by atoms with Gasteiger partial charge in [0.05, 0.1) is 27.2 Å². The van der Waals surface area contributed by atoms with Crippen LogP contribution in [0.2, 0.25) is 0 Å². The molecule has 0 heterocycles. The highest BCUT2D eigenvalue weighted by Crippen LogP contribution is 2.42. The van der Waals surface area contributed by atoms with Crippen LogP contribution in [0.15, 0.2) is 0 Å². The van der Waals surface area contributed by atoms with Crippen molar-refractivity contribution in [3.63, 3.8) is 0 Å². The molecule has 1 heteroatoms. The SMILES string of the molecule is C[N+](C)(C)[C@@H]1CC[C@H]2CCCC[C@@H]2C1. The van der Waals surface area contributed by atoms with Gasteiger partial charge in [-0.05, 0) is 31.1 Å². The predicted octanol–water partition coefficient (Wildman–Crippen LogP) is 3.05. The minimum absolute atomic E-state index is 0.939. The van der Waals surface area contributed by atoms with Crippen molar-refractivity contribution in [1.29, 1.82) is 0 Å². The van der Waals surface area contributed by atoms with Crippen LogP contribution < -0.4 is 0 Å². The van der Waals surface area contributed by atoms with Crippen molar-refractivity contribution in [1.82, 2.24) is 0 Å². The third-order valence-electron chi connectivity index (χ3n) is 4.61. The van der Waals surface area contributed by atoms with Crippen LogP contribution in [0.5, 0.6) is 0 Å². The van der Waals surface area contributed by atoms with E-state index in [2.05, 4.69) is 21.1 Å². The zero-order valence-corrected chi connectivity index (χ0v) is 10.1. The molecule has 2 aliphatic rings. The lowest BCUT2D eigenvalue weighted by Crippen LogP contribution is -2.49. The minimum atomic E-state index is 0.939. The molecule has 0 aromatic rings. The summed E-state index contributed by atoms with van der Waals surface area (Å²) in [7, 11) is 7.11. The van der Waals surface area contributed by atoms with Gasteiger partial charge in [0.1, 0.15) is 0 Å². The van der Waals surface area contributed by atoms with Gasteiger partial charge in [-0.1, -0.05) is 19.3 Å². The lowest BCUT2D eigenvalue weighted by molar-refractivity contribution is -0.898. The van der Waals surface area contributed by atoms with Crippen molar-refractivity contribution in [3.05, 3.63) is 0 Å². The van der Waals surface area contributed by atoms with Crippen LogP contribution in [0.25, 0.3) is 0 Å². The molecule has 0 bridgehead atoms. The molecule has 0 aromatic heterocycles. The number of fused-ring (bicyclic) bond motifs is 1. The van der Waals surface area contributed by atoms with Gasteiger partial charge in [0.25, 0.3) is 0 Å². The fourth-order valence-electron chi connectivity index (χ4n) is 3.55. The maximum atomic E-state index is 2.37. The van der Waals surface area contributed by atoms with Crippen molar-refractivity contribution < 1.29 is 4.48 Å². The van der Waals surface area contributed by atoms with Crippen LogP contribution in [-0.4, -0.2) is 31.7 Å². The Bertz CT molecular complexity index is 192. The lowest BCUT2D eigenvalue weighted by atomic mass is 9.69. The molecule has 0 aromatic carbocycles. The highest BCUT2D eigenvalue weighted by atomic mass is 15.3. The summed E-state index contributed by atoms with van der Waals surface area (Å²) in [5.74, 6) is 2.19. The predicted molar refractivity (Wildman–Crippen MR) is 61.1 cm³/mol. The van der Waals surface area contributed by atoms with Crippen molar-refractivity contribution in [2.75, 3.05) is 21.1 Å². The molecule has 2 rings (SSSR count). The average Bonchev–Trinajstić information content (AvgIpc) is 2.16. The Balaban J connectivity index is 1.96. The summed E-state index contributed by atoms with van der Waals surface area (Å²) >= 11 is 0. The van der Waals surface area contributed by atoms with Gasteiger partial charge in [0, 0.05) is 6.42 Å². The smallest absolute Gasteiger partial charge is 0.0887 e. The molecule has 3 atom stereocenters. The maximum absolute atomic E-state index is 2.37. The monoisotopic (exact) mass is 196 g/mol. The first-order chi connectivity index (χ1) is 6.57. The third kappa shape index (κ3) is 2.13. The van der Waals surface area contributed by atoms with Crippen LogP contribution in [0.4, 0.5) is 0 Å². The molecular weight excluding hydrogens is 170 g/mol. The molecule has 0 N–H and O–H groups in total. The van der Waals surface area contributed by atoms with E-state index in [-0.39, 0.29) is 0 Å². The Morgan fingerprint density at radius 1 is 0.786 bits per heavy atom. The Hall–Kier alpha value is -0.0400. The zero-order valence-electron chi connectivity index (χ0n) is 10.1. The van der Waals surface area contributed by atoms with Crippen molar-refractivity contribution in [2.45, 2.75) is 51.0 Å². The van der Waals surface area contributed by atoms with Gasteiger partial charge in [-0.2, -0.15) is 0 Å². The second-order valence-corrected chi connectivity index (χ2v) is 6.39. The van der Waals surface area contributed by atoms with Crippen LogP contribution in [0.1, 0.15) is 44.9 Å². The van der Waals surface area contributed by atoms with Crippen LogP contribution >= 0.6 is 0 Å². The van der Waals surface area contributed by atoms with E-state index in [9.17, 15) is 0 Å². The number of rotatable bonds is 1. The van der Waals surface area contributed by atoms with E-state index >= 15 is 0 Å². The first-order valence-corrected chi connectivity index (χ1v) is 6.38. The molecule has 0 spiro atoms. The minimum Gasteiger partial charge on any atom is -0.328 e. The molecule has 2 aliphatic carbocycles. The Kier molecular flexibility index (Phi) is 2.88. The van der Waals surface area contributed by atoms with Crippen molar-refractivity contribution >= 4 is 0 Å². The third-order valence-corrected chi connectivity index (χ3v) is 4.61. The van der Waals surface area contributed by atoms with Gasteiger partial charge in [-0.15, -0.1) is 0 Å². The normalized spacial score (nSPS) is 39.2. The van der Waals surface area contributed by atoms with E-state index in [4.69, 9.17) is 0 Å². The molecule has 0 amide bonds. The maximum Gasteiger partial charge on any atom is 0.0887 e. The van der Waals surface area contributed by atoms with Gasteiger partial charge in [-0.25, -0.2) is 0 Å². The number of hydrogen-bond donors (Lipinski definition) is 0. The topological polar surface area (TPSA) is 0 Å². The molecule has 2 saturated carbocycles. The highest BCUT2D eigenvalue weighted by molar-refractivity contribution is 4.83. The first-order valence-electron chi connectivity index (χ1n) is 6.38. The molecule has 0 radical (unpaired) electrons. The molecule has 1 nitrogen and oxygen atoms in total. The van der Waals surface area contributed by atoms with E-state index in [1.54, 1.807) is 0 Å². The molecule has 2 fully saturated rings. The van der Waals surface area contributed by atoms with Gasteiger partial charge < -0.3 is 4.48 Å². The van der Waals surface area contributed by atoms with Crippen LogP contribution in [0, 0.1) is 11.8 Å². The standard InChI is InChI=1S/C13H26N/c1-14(2,3)13-9-8-11-6-4-5-7-12(11)10-13/h11-13H,4-10H2,1-3H3/q+1/t11-,12-,13-/m1/s1. The molecular formula is C13H26N+. The molecule has 82 valence electrons. The number of hydrogen-bond acceptors (Lipinski definition) is 0. The summed E-state index contributed by atoms with van der Waals surface area (Å²) in [6.45, 7) is 0. The summed E-state index contributed by atoms with van der Waals surface area (Å²) in [5.41, 5.74) is 0. The quantitative estimate of drug-likeness (QED) is 0.565. The van der Waals surface area contributed by atoms with Gasteiger partial charge in [-0.3, -0.25) is 0 Å². The zero-order chi connectivity index (χ0) is 10.2. The summed E-state index contributed by atoms with van der Waals surface area (Å²) in [6.07, 6.45) is 10.6. The molecule has 0 saturated heterocycles. The van der Waals surface area contributed by atoms with E-state index in [1.165, 1.54) is 49.4 Å². The van der Waals surface area contributed by atoms with Gasteiger partial charge in [0.2, 0.25) is 0 Å². The fraction of sp³-hybridized carbons (Fsp3) is 1.00. The highest BCUT2D eigenvalue weighted by Gasteiger charge is 2.37. The second kappa shape index (κ2) is 3.84. The summed E-state index contributed by atoms with van der Waals surface area (Å²) < 4.78 is 1.18. The lowest BCUT2D eigenvalue weighted by Gasteiger charge is -2.44. The average molecular weight is 196 g/mol.